The Morgan fingerprint density at radius 2 is 1.93 bits per heavy atom. The Morgan fingerprint density at radius 3 is 2.55 bits per heavy atom. The summed E-state index contributed by atoms with van der Waals surface area (Å²) in [5.74, 6) is 1.41. The summed E-state index contributed by atoms with van der Waals surface area (Å²) in [5.41, 5.74) is 1.37. The second-order valence-electron chi connectivity index (χ2n) is 7.18. The van der Waals surface area contributed by atoms with Gasteiger partial charge in [-0.15, -0.1) is 0 Å². The van der Waals surface area contributed by atoms with Gasteiger partial charge in [0.05, 0.1) is 26.1 Å². The summed E-state index contributed by atoms with van der Waals surface area (Å²) in [6.07, 6.45) is 4.10. The third-order valence-corrected chi connectivity index (χ3v) is 5.15. The third kappa shape index (κ3) is 5.28. The standard InChI is InChI=1S/C21H28N4O4/c1-4-25-21(27)11-17(13-22-25)24-7-5-6-15(14-24)8-20(26)23-16-9-18(28-2)12-19(10-16)29-3/h9-13,15H,4-8,14H2,1-3H3,(H,23,26). The molecule has 1 N–H and O–H groups in total. The quantitative estimate of drug-likeness (QED) is 0.769. The van der Waals surface area contributed by atoms with Crippen molar-refractivity contribution in [3.63, 3.8) is 0 Å². The van der Waals surface area contributed by atoms with Gasteiger partial charge in [0.15, 0.2) is 0 Å². The van der Waals surface area contributed by atoms with Crippen LogP contribution >= 0.6 is 0 Å². The molecule has 1 atom stereocenters. The topological polar surface area (TPSA) is 85.7 Å². The Bertz CT molecular complexity index is 890. The normalized spacial score (nSPS) is 16.4. The van der Waals surface area contributed by atoms with Gasteiger partial charge in [-0.2, -0.15) is 5.10 Å². The zero-order valence-corrected chi connectivity index (χ0v) is 17.2. The third-order valence-electron chi connectivity index (χ3n) is 5.15. The molecule has 0 saturated carbocycles. The van der Waals surface area contributed by atoms with Gasteiger partial charge < -0.3 is 19.7 Å². The molecule has 0 aliphatic carbocycles. The summed E-state index contributed by atoms with van der Waals surface area (Å²) in [7, 11) is 3.15. The molecular formula is C21H28N4O4. The minimum absolute atomic E-state index is 0.0494. The van der Waals surface area contributed by atoms with E-state index in [1.807, 2.05) is 6.92 Å². The lowest BCUT2D eigenvalue weighted by Crippen LogP contribution is -2.38. The van der Waals surface area contributed by atoms with Gasteiger partial charge >= 0.3 is 0 Å². The number of piperidine rings is 1. The second-order valence-corrected chi connectivity index (χ2v) is 7.18. The van der Waals surface area contributed by atoms with Gasteiger partial charge in [-0.25, -0.2) is 4.68 Å². The van der Waals surface area contributed by atoms with Crippen LogP contribution in [0.25, 0.3) is 0 Å². The van der Waals surface area contributed by atoms with E-state index in [-0.39, 0.29) is 17.4 Å². The summed E-state index contributed by atoms with van der Waals surface area (Å²) in [6, 6.07) is 6.92. The van der Waals surface area contributed by atoms with E-state index in [1.165, 1.54) is 4.68 Å². The van der Waals surface area contributed by atoms with Crippen LogP contribution in [0.15, 0.2) is 35.3 Å². The fourth-order valence-corrected chi connectivity index (χ4v) is 3.65. The van der Waals surface area contributed by atoms with Crippen LogP contribution in [0.1, 0.15) is 26.2 Å². The molecule has 8 heteroatoms. The molecule has 8 nitrogen and oxygen atoms in total. The van der Waals surface area contributed by atoms with Crippen LogP contribution in [-0.4, -0.2) is 43.0 Å². The van der Waals surface area contributed by atoms with Gasteiger partial charge in [-0.3, -0.25) is 9.59 Å². The predicted molar refractivity (Wildman–Crippen MR) is 112 cm³/mol. The Labute approximate surface area is 170 Å². The minimum atomic E-state index is -0.100. The number of nitrogens with one attached hydrogen (secondary N) is 1. The van der Waals surface area contributed by atoms with E-state index in [0.717, 1.165) is 31.6 Å². The maximum Gasteiger partial charge on any atom is 0.268 e. The molecule has 2 heterocycles. The van der Waals surface area contributed by atoms with Crippen LogP contribution in [-0.2, 0) is 11.3 Å². The number of rotatable bonds is 7. The zero-order valence-electron chi connectivity index (χ0n) is 17.2. The molecular weight excluding hydrogens is 372 g/mol. The first-order chi connectivity index (χ1) is 14.0. The van der Waals surface area contributed by atoms with Gasteiger partial charge in [0.25, 0.3) is 5.56 Å². The van der Waals surface area contributed by atoms with Crippen molar-refractivity contribution >= 4 is 17.3 Å². The minimum Gasteiger partial charge on any atom is -0.497 e. The number of hydrogen-bond acceptors (Lipinski definition) is 6. The molecule has 156 valence electrons. The lowest BCUT2D eigenvalue weighted by Gasteiger charge is -2.34. The number of aryl methyl sites for hydroxylation is 1. The molecule has 1 aromatic heterocycles. The van der Waals surface area contributed by atoms with Gasteiger partial charge in [0, 0.05) is 56.0 Å². The summed E-state index contributed by atoms with van der Waals surface area (Å²) in [6.45, 7) is 4.03. The number of methoxy groups -OCH3 is 2. The van der Waals surface area contributed by atoms with Crippen molar-refractivity contribution in [1.29, 1.82) is 0 Å². The fraction of sp³-hybridized carbons (Fsp3) is 0.476. The Balaban J connectivity index is 1.62. The Hall–Kier alpha value is -3.03. The highest BCUT2D eigenvalue weighted by molar-refractivity contribution is 5.91. The zero-order chi connectivity index (χ0) is 20.8. The molecule has 1 saturated heterocycles. The monoisotopic (exact) mass is 400 g/mol. The number of carbonyl (C=O) groups is 1. The number of aromatic nitrogens is 2. The summed E-state index contributed by atoms with van der Waals surface area (Å²) >= 11 is 0. The van der Waals surface area contributed by atoms with Crippen molar-refractivity contribution in [1.82, 2.24) is 9.78 Å². The number of nitrogens with zero attached hydrogens (tertiary/aromatic N) is 3. The predicted octanol–water partition coefficient (Wildman–Crippen LogP) is 2.53. The van der Waals surface area contributed by atoms with E-state index in [4.69, 9.17) is 9.47 Å². The highest BCUT2D eigenvalue weighted by Gasteiger charge is 2.23. The molecule has 1 amide bonds. The van der Waals surface area contributed by atoms with E-state index in [1.54, 1.807) is 44.7 Å². The fourth-order valence-electron chi connectivity index (χ4n) is 3.65. The van der Waals surface area contributed by atoms with Crippen LogP contribution in [0.2, 0.25) is 0 Å². The molecule has 1 aliphatic rings. The number of amides is 1. The number of ether oxygens (including phenoxy) is 2. The van der Waals surface area contributed by atoms with Crippen molar-refractivity contribution in [3.8, 4) is 11.5 Å². The first-order valence-electron chi connectivity index (χ1n) is 9.87. The van der Waals surface area contributed by atoms with Gasteiger partial charge in [0.2, 0.25) is 5.91 Å². The van der Waals surface area contributed by atoms with E-state index >= 15 is 0 Å². The van der Waals surface area contributed by atoms with Crippen LogP contribution < -0.4 is 25.2 Å². The molecule has 0 spiro atoms. The van der Waals surface area contributed by atoms with Gasteiger partial charge in [-0.1, -0.05) is 0 Å². The van der Waals surface area contributed by atoms with E-state index in [2.05, 4.69) is 15.3 Å². The number of carbonyl (C=O) groups excluding carboxylic acids is 1. The van der Waals surface area contributed by atoms with E-state index in [9.17, 15) is 9.59 Å². The number of hydrogen-bond donors (Lipinski definition) is 1. The maximum atomic E-state index is 12.6. The average molecular weight is 400 g/mol. The maximum absolute atomic E-state index is 12.6. The first kappa shape index (κ1) is 20.7. The lowest BCUT2D eigenvalue weighted by atomic mass is 9.94. The summed E-state index contributed by atoms with van der Waals surface area (Å²) < 4.78 is 11.9. The van der Waals surface area contributed by atoms with Crippen molar-refractivity contribution in [2.45, 2.75) is 32.7 Å². The van der Waals surface area contributed by atoms with Gasteiger partial charge in [-0.05, 0) is 25.7 Å². The molecule has 3 rings (SSSR count). The molecule has 29 heavy (non-hydrogen) atoms. The van der Waals surface area contributed by atoms with E-state index in [0.29, 0.717) is 30.2 Å². The number of benzene rings is 1. The van der Waals surface area contributed by atoms with Crippen LogP contribution in [0, 0.1) is 5.92 Å². The van der Waals surface area contributed by atoms with E-state index < -0.39 is 0 Å². The Morgan fingerprint density at radius 1 is 1.21 bits per heavy atom. The molecule has 1 aromatic carbocycles. The molecule has 1 unspecified atom stereocenters. The smallest absolute Gasteiger partial charge is 0.268 e. The Kier molecular flexibility index (Phi) is 6.74. The molecule has 1 aliphatic heterocycles. The van der Waals surface area contributed by atoms with Gasteiger partial charge in [0.1, 0.15) is 11.5 Å². The van der Waals surface area contributed by atoms with Crippen LogP contribution in [0.5, 0.6) is 11.5 Å². The van der Waals surface area contributed by atoms with Crippen molar-refractivity contribution in [2.24, 2.45) is 5.92 Å². The molecule has 1 fully saturated rings. The van der Waals surface area contributed by atoms with Crippen molar-refractivity contribution in [2.75, 3.05) is 37.5 Å². The first-order valence-corrected chi connectivity index (χ1v) is 9.87. The second kappa shape index (κ2) is 9.45. The largest absolute Gasteiger partial charge is 0.497 e. The van der Waals surface area contributed by atoms with Crippen LogP contribution in [0.3, 0.4) is 0 Å². The molecule has 2 aromatic rings. The lowest BCUT2D eigenvalue weighted by molar-refractivity contribution is -0.117. The summed E-state index contributed by atoms with van der Waals surface area (Å²) in [5, 5.41) is 7.14. The highest BCUT2D eigenvalue weighted by Crippen LogP contribution is 2.27. The average Bonchev–Trinajstić information content (AvgIpc) is 2.73. The van der Waals surface area contributed by atoms with Crippen molar-refractivity contribution in [3.05, 3.63) is 40.8 Å². The molecule has 0 radical (unpaired) electrons. The molecule has 0 bridgehead atoms. The SMILES string of the molecule is CCn1ncc(N2CCCC(CC(=O)Nc3cc(OC)cc(OC)c3)C2)cc1=O. The summed E-state index contributed by atoms with van der Waals surface area (Å²) in [4.78, 5) is 26.8. The van der Waals surface area contributed by atoms with Crippen LogP contribution in [0.4, 0.5) is 11.4 Å². The number of anilines is 2. The van der Waals surface area contributed by atoms with Crippen molar-refractivity contribution < 1.29 is 14.3 Å². The highest BCUT2D eigenvalue weighted by atomic mass is 16.5.